The van der Waals surface area contributed by atoms with Gasteiger partial charge in [0.2, 0.25) is 5.79 Å². The van der Waals surface area contributed by atoms with Crippen molar-refractivity contribution in [1.29, 1.82) is 0 Å². The first-order valence-corrected chi connectivity index (χ1v) is 10.0. The van der Waals surface area contributed by atoms with Crippen LogP contribution in [0.5, 0.6) is 0 Å². The van der Waals surface area contributed by atoms with Crippen molar-refractivity contribution in [3.8, 4) is 0 Å². The van der Waals surface area contributed by atoms with Gasteiger partial charge in [-0.3, -0.25) is 0 Å². The van der Waals surface area contributed by atoms with Crippen LogP contribution >= 0.6 is 11.6 Å². The van der Waals surface area contributed by atoms with Crippen LogP contribution < -0.4 is 0 Å². The number of hydrogen-bond acceptors (Lipinski definition) is 5. The number of fused-ring (bicyclic) bond motifs is 2. The molecule has 6 heteroatoms. The average Bonchev–Trinajstić information content (AvgIpc) is 3.07. The summed E-state index contributed by atoms with van der Waals surface area (Å²) in [6, 6.07) is 12.0. The van der Waals surface area contributed by atoms with Gasteiger partial charge >= 0.3 is 0 Å². The molecule has 3 N–H and O–H groups in total. The molecular weight excluding hydrogens is 380 g/mol. The zero-order valence-corrected chi connectivity index (χ0v) is 16.5. The third-order valence-electron chi connectivity index (χ3n) is 5.80. The molecule has 0 saturated carbocycles. The van der Waals surface area contributed by atoms with Gasteiger partial charge in [-0.15, -0.1) is 0 Å². The Morgan fingerprint density at radius 2 is 1.82 bits per heavy atom. The first kappa shape index (κ1) is 19.8. The van der Waals surface area contributed by atoms with E-state index >= 15 is 0 Å². The maximum absolute atomic E-state index is 10.7. The fourth-order valence-corrected chi connectivity index (χ4v) is 4.42. The predicted molar refractivity (Wildman–Crippen MR) is 105 cm³/mol. The molecule has 28 heavy (non-hydrogen) atoms. The Balaban J connectivity index is 1.72. The highest BCUT2D eigenvalue weighted by Crippen LogP contribution is 2.47. The van der Waals surface area contributed by atoms with Crippen LogP contribution in [0.1, 0.15) is 41.2 Å². The zero-order valence-electron chi connectivity index (χ0n) is 15.8. The molecule has 0 aromatic heterocycles. The van der Waals surface area contributed by atoms with Gasteiger partial charge in [-0.1, -0.05) is 48.9 Å². The molecule has 2 aromatic rings. The van der Waals surface area contributed by atoms with Crippen LogP contribution in [0.15, 0.2) is 36.4 Å². The van der Waals surface area contributed by atoms with E-state index in [-0.39, 0.29) is 19.6 Å². The number of aliphatic hydroxyl groups is 3. The highest BCUT2D eigenvalue weighted by Gasteiger charge is 2.55. The smallest absolute Gasteiger partial charge is 0.225 e. The van der Waals surface area contributed by atoms with Gasteiger partial charge in [0.15, 0.2) is 0 Å². The number of aryl methyl sites for hydroxylation is 1. The summed E-state index contributed by atoms with van der Waals surface area (Å²) in [5, 5.41) is 31.1. The van der Waals surface area contributed by atoms with Crippen molar-refractivity contribution in [1.82, 2.24) is 0 Å². The van der Waals surface area contributed by atoms with Crippen LogP contribution in [-0.4, -0.2) is 40.2 Å². The summed E-state index contributed by atoms with van der Waals surface area (Å²) in [5.41, 5.74) is 4.88. The third kappa shape index (κ3) is 3.26. The largest absolute Gasteiger partial charge is 0.394 e. The lowest BCUT2D eigenvalue weighted by Crippen LogP contribution is -2.56. The second-order valence-electron chi connectivity index (χ2n) is 7.53. The molecule has 1 unspecified atom stereocenters. The Kier molecular flexibility index (Phi) is 5.49. The second kappa shape index (κ2) is 7.75. The molecule has 2 aliphatic heterocycles. The first-order valence-electron chi connectivity index (χ1n) is 9.65. The Morgan fingerprint density at radius 1 is 1.11 bits per heavy atom. The van der Waals surface area contributed by atoms with Crippen LogP contribution in [0.3, 0.4) is 0 Å². The molecule has 5 nitrogen and oxygen atoms in total. The normalized spacial score (nSPS) is 29.2. The summed E-state index contributed by atoms with van der Waals surface area (Å²) >= 11 is 6.52. The van der Waals surface area contributed by atoms with Crippen molar-refractivity contribution >= 4 is 11.6 Å². The summed E-state index contributed by atoms with van der Waals surface area (Å²) in [4.78, 5) is 0. The summed E-state index contributed by atoms with van der Waals surface area (Å²) in [7, 11) is 0. The van der Waals surface area contributed by atoms with E-state index in [1.807, 2.05) is 0 Å². The van der Waals surface area contributed by atoms with Gasteiger partial charge in [0.1, 0.15) is 6.10 Å². The topological polar surface area (TPSA) is 79.2 Å². The van der Waals surface area contributed by atoms with Gasteiger partial charge in [-0.05, 0) is 41.2 Å². The summed E-state index contributed by atoms with van der Waals surface area (Å²) < 4.78 is 11.9. The molecule has 4 atom stereocenters. The van der Waals surface area contributed by atoms with Gasteiger partial charge in [0.05, 0.1) is 25.4 Å². The minimum atomic E-state index is -1.48. The molecule has 0 amide bonds. The van der Waals surface area contributed by atoms with Gasteiger partial charge in [0, 0.05) is 17.0 Å². The van der Waals surface area contributed by atoms with Crippen molar-refractivity contribution in [2.45, 2.75) is 56.9 Å². The van der Waals surface area contributed by atoms with Crippen molar-refractivity contribution in [2.75, 3.05) is 6.61 Å². The average molecular weight is 405 g/mol. The number of halogens is 1. The van der Waals surface area contributed by atoms with Gasteiger partial charge in [-0.25, -0.2) is 0 Å². The van der Waals surface area contributed by atoms with Crippen molar-refractivity contribution in [2.24, 2.45) is 0 Å². The minimum Gasteiger partial charge on any atom is -0.394 e. The van der Waals surface area contributed by atoms with Crippen molar-refractivity contribution in [3.63, 3.8) is 0 Å². The molecule has 2 aliphatic rings. The number of hydrogen-bond donors (Lipinski definition) is 3. The fourth-order valence-electron chi connectivity index (χ4n) is 4.17. The molecule has 0 radical (unpaired) electrons. The van der Waals surface area contributed by atoms with E-state index in [0.717, 1.165) is 23.1 Å². The van der Waals surface area contributed by atoms with Gasteiger partial charge in [0.25, 0.3) is 0 Å². The van der Waals surface area contributed by atoms with E-state index in [2.05, 4.69) is 31.2 Å². The molecule has 1 saturated heterocycles. The number of ether oxygens (including phenoxy) is 2. The molecule has 4 rings (SSSR count). The third-order valence-corrected chi connectivity index (χ3v) is 6.15. The molecule has 2 heterocycles. The number of rotatable bonds is 4. The Labute approximate surface area is 169 Å². The van der Waals surface area contributed by atoms with Crippen molar-refractivity contribution in [3.05, 3.63) is 69.2 Å². The van der Waals surface area contributed by atoms with E-state index in [0.29, 0.717) is 17.0 Å². The van der Waals surface area contributed by atoms with Crippen LogP contribution in [-0.2, 0) is 34.7 Å². The van der Waals surface area contributed by atoms with E-state index < -0.39 is 24.1 Å². The zero-order chi connectivity index (χ0) is 19.9. The Bertz CT molecular complexity index is 853. The molecule has 1 spiro atoms. The molecule has 0 bridgehead atoms. The van der Waals surface area contributed by atoms with Crippen LogP contribution in [0.25, 0.3) is 0 Å². The molecule has 150 valence electrons. The van der Waals surface area contributed by atoms with Crippen LogP contribution in [0.4, 0.5) is 0 Å². The number of aliphatic hydroxyl groups excluding tert-OH is 3. The Morgan fingerprint density at radius 3 is 2.50 bits per heavy atom. The fraction of sp³-hybridized carbons (Fsp3) is 0.455. The van der Waals surface area contributed by atoms with Gasteiger partial charge in [-0.2, -0.15) is 0 Å². The lowest BCUT2D eigenvalue weighted by atomic mass is 9.87. The molecule has 2 aromatic carbocycles. The van der Waals surface area contributed by atoms with Gasteiger partial charge < -0.3 is 24.8 Å². The van der Waals surface area contributed by atoms with Crippen LogP contribution in [0.2, 0.25) is 5.02 Å². The minimum absolute atomic E-state index is 0.155. The van der Waals surface area contributed by atoms with E-state index in [1.54, 1.807) is 12.1 Å². The highest BCUT2D eigenvalue weighted by molar-refractivity contribution is 6.31. The summed E-state index contributed by atoms with van der Waals surface area (Å²) in [5.74, 6) is -1.48. The molecule has 1 fully saturated rings. The maximum atomic E-state index is 10.7. The number of benzene rings is 2. The molecular formula is C22H25ClO5. The monoisotopic (exact) mass is 404 g/mol. The predicted octanol–water partition coefficient (Wildman–Crippen LogP) is 2.68. The standard InChI is InChI=1S/C22H25ClO5/c1-2-13-3-5-14(6-4-13)9-16-17-12-27-22(18(17)7-8-19(16)23)21(26)20(25)10-15(11-24)28-22/h3-8,15,20-21,24-26H,2,9-12H2,1H3/t15-,20-,21+,22?/m0/s1. The summed E-state index contributed by atoms with van der Waals surface area (Å²) in [6.45, 7) is 2.09. The SMILES string of the molecule is CCc1ccc(Cc2c(Cl)ccc3c2COC32O[C@H](CO)C[C@H](O)[C@H]2O)cc1. The van der Waals surface area contributed by atoms with E-state index in [1.165, 1.54) is 5.56 Å². The van der Waals surface area contributed by atoms with E-state index in [4.69, 9.17) is 21.1 Å². The quantitative estimate of drug-likeness (QED) is 0.730. The highest BCUT2D eigenvalue weighted by atomic mass is 35.5. The van der Waals surface area contributed by atoms with Crippen LogP contribution in [0, 0.1) is 0 Å². The lowest BCUT2D eigenvalue weighted by molar-refractivity contribution is -0.347. The van der Waals surface area contributed by atoms with Crippen molar-refractivity contribution < 1.29 is 24.8 Å². The lowest BCUT2D eigenvalue weighted by Gasteiger charge is -2.43. The maximum Gasteiger partial charge on any atom is 0.225 e. The first-order chi connectivity index (χ1) is 13.5. The molecule has 0 aliphatic carbocycles. The van der Waals surface area contributed by atoms with E-state index in [9.17, 15) is 15.3 Å². The summed E-state index contributed by atoms with van der Waals surface area (Å²) in [6.07, 6.45) is -1.12. The second-order valence-corrected chi connectivity index (χ2v) is 7.93. The Hall–Kier alpha value is -1.47.